The number of thioether (sulfide) groups is 1. The molecule has 2 fully saturated rings. The molecule has 0 saturated carbocycles. The summed E-state index contributed by atoms with van der Waals surface area (Å²) in [6.45, 7) is 10.1. The Labute approximate surface area is 132 Å². The standard InChI is InChI=1S/C16H28N2O2S/c1-12-5-7-17(8-6-12)15(20)13-10-21-11-18(13)14(19)9-16(2,3)4/h12-13H,5-11H2,1-4H3. The molecule has 0 bridgehead atoms. The Kier molecular flexibility index (Phi) is 5.23. The lowest BCUT2D eigenvalue weighted by atomic mass is 9.91. The summed E-state index contributed by atoms with van der Waals surface area (Å²) in [7, 11) is 0. The molecule has 0 aromatic rings. The largest absolute Gasteiger partial charge is 0.341 e. The third kappa shape index (κ3) is 4.38. The van der Waals surface area contributed by atoms with Gasteiger partial charge in [0.05, 0.1) is 5.88 Å². The number of hydrogen-bond acceptors (Lipinski definition) is 3. The molecule has 120 valence electrons. The van der Waals surface area contributed by atoms with Gasteiger partial charge in [0.1, 0.15) is 6.04 Å². The quantitative estimate of drug-likeness (QED) is 0.787. The molecule has 0 N–H and O–H groups in total. The van der Waals surface area contributed by atoms with E-state index in [9.17, 15) is 9.59 Å². The van der Waals surface area contributed by atoms with Crippen LogP contribution >= 0.6 is 11.8 Å². The van der Waals surface area contributed by atoms with Gasteiger partial charge < -0.3 is 9.80 Å². The zero-order valence-electron chi connectivity index (χ0n) is 13.7. The minimum Gasteiger partial charge on any atom is -0.341 e. The van der Waals surface area contributed by atoms with Crippen LogP contribution in [0.2, 0.25) is 0 Å². The van der Waals surface area contributed by atoms with E-state index >= 15 is 0 Å². The summed E-state index contributed by atoms with van der Waals surface area (Å²) < 4.78 is 0. The highest BCUT2D eigenvalue weighted by Crippen LogP contribution is 2.28. The van der Waals surface area contributed by atoms with E-state index in [-0.39, 0.29) is 23.3 Å². The number of carbonyl (C=O) groups is 2. The predicted molar refractivity (Wildman–Crippen MR) is 87.0 cm³/mol. The first-order chi connectivity index (χ1) is 9.78. The number of likely N-dealkylation sites (tertiary alicyclic amines) is 1. The number of amides is 2. The molecule has 0 aromatic heterocycles. The van der Waals surface area contributed by atoms with Crippen LogP contribution in [-0.2, 0) is 9.59 Å². The Morgan fingerprint density at radius 2 is 1.81 bits per heavy atom. The first-order valence-corrected chi connectivity index (χ1v) is 9.09. The third-order valence-corrected chi connectivity index (χ3v) is 5.28. The topological polar surface area (TPSA) is 40.6 Å². The van der Waals surface area contributed by atoms with Gasteiger partial charge in [0.25, 0.3) is 0 Å². The fraction of sp³-hybridized carbons (Fsp3) is 0.875. The molecular weight excluding hydrogens is 284 g/mol. The number of rotatable bonds is 2. The van der Waals surface area contributed by atoms with Crippen LogP contribution in [0.5, 0.6) is 0 Å². The molecular formula is C16H28N2O2S. The van der Waals surface area contributed by atoms with Crippen molar-refractivity contribution < 1.29 is 9.59 Å². The highest BCUT2D eigenvalue weighted by Gasteiger charge is 2.38. The van der Waals surface area contributed by atoms with Crippen molar-refractivity contribution >= 4 is 23.6 Å². The highest BCUT2D eigenvalue weighted by molar-refractivity contribution is 7.99. The molecule has 2 heterocycles. The van der Waals surface area contributed by atoms with Gasteiger partial charge >= 0.3 is 0 Å². The molecule has 2 saturated heterocycles. The first-order valence-electron chi connectivity index (χ1n) is 7.94. The van der Waals surface area contributed by atoms with Crippen molar-refractivity contribution in [3.05, 3.63) is 0 Å². The monoisotopic (exact) mass is 312 g/mol. The summed E-state index contributed by atoms with van der Waals surface area (Å²) in [5.74, 6) is 2.41. The molecule has 0 radical (unpaired) electrons. The van der Waals surface area contributed by atoms with E-state index in [0.717, 1.165) is 31.7 Å². The summed E-state index contributed by atoms with van der Waals surface area (Å²) >= 11 is 1.70. The fourth-order valence-electron chi connectivity index (χ4n) is 2.89. The smallest absolute Gasteiger partial charge is 0.246 e. The van der Waals surface area contributed by atoms with Crippen molar-refractivity contribution in [2.45, 2.75) is 53.0 Å². The highest BCUT2D eigenvalue weighted by atomic mass is 32.2. The summed E-state index contributed by atoms with van der Waals surface area (Å²) in [5, 5.41) is 0. The molecule has 5 heteroatoms. The number of piperidine rings is 1. The van der Waals surface area contributed by atoms with E-state index in [0.29, 0.717) is 18.2 Å². The van der Waals surface area contributed by atoms with Gasteiger partial charge in [-0.2, -0.15) is 0 Å². The van der Waals surface area contributed by atoms with Gasteiger partial charge in [-0.1, -0.05) is 27.7 Å². The van der Waals surface area contributed by atoms with Crippen molar-refractivity contribution in [3.8, 4) is 0 Å². The Balaban J connectivity index is 1.98. The molecule has 21 heavy (non-hydrogen) atoms. The van der Waals surface area contributed by atoms with Crippen LogP contribution in [-0.4, -0.2) is 52.4 Å². The zero-order valence-corrected chi connectivity index (χ0v) is 14.5. The van der Waals surface area contributed by atoms with Crippen molar-refractivity contribution in [1.82, 2.24) is 9.80 Å². The van der Waals surface area contributed by atoms with E-state index in [1.165, 1.54) is 0 Å². The van der Waals surface area contributed by atoms with Crippen LogP contribution in [0.3, 0.4) is 0 Å². The van der Waals surface area contributed by atoms with Gasteiger partial charge in [-0.05, 0) is 24.2 Å². The Bertz CT molecular complexity index is 398. The Morgan fingerprint density at radius 3 is 2.38 bits per heavy atom. The van der Waals surface area contributed by atoms with Crippen LogP contribution in [0.25, 0.3) is 0 Å². The molecule has 2 rings (SSSR count). The third-order valence-electron chi connectivity index (χ3n) is 4.26. The summed E-state index contributed by atoms with van der Waals surface area (Å²) in [4.78, 5) is 28.9. The lowest BCUT2D eigenvalue weighted by Gasteiger charge is -2.34. The molecule has 0 aliphatic carbocycles. The second-order valence-corrected chi connectivity index (χ2v) is 8.62. The molecule has 1 atom stereocenters. The van der Waals surface area contributed by atoms with Gasteiger partial charge in [0.2, 0.25) is 11.8 Å². The van der Waals surface area contributed by atoms with E-state index in [1.54, 1.807) is 16.7 Å². The second kappa shape index (κ2) is 6.59. The van der Waals surface area contributed by atoms with Crippen LogP contribution in [0, 0.1) is 11.3 Å². The maximum absolute atomic E-state index is 12.7. The number of nitrogens with zero attached hydrogens (tertiary/aromatic N) is 2. The van der Waals surface area contributed by atoms with E-state index in [4.69, 9.17) is 0 Å². The lowest BCUT2D eigenvalue weighted by Crippen LogP contribution is -2.51. The molecule has 1 unspecified atom stereocenters. The van der Waals surface area contributed by atoms with Crippen molar-refractivity contribution in [2.75, 3.05) is 24.7 Å². The van der Waals surface area contributed by atoms with Crippen molar-refractivity contribution in [2.24, 2.45) is 11.3 Å². The normalized spacial score (nSPS) is 24.5. The number of carbonyl (C=O) groups excluding carboxylic acids is 2. The number of hydrogen-bond donors (Lipinski definition) is 0. The summed E-state index contributed by atoms with van der Waals surface area (Å²) in [5.41, 5.74) is -0.0293. The van der Waals surface area contributed by atoms with Gasteiger partial charge in [-0.25, -0.2) is 0 Å². The zero-order chi connectivity index (χ0) is 15.6. The second-order valence-electron chi connectivity index (χ2n) is 7.62. The first kappa shape index (κ1) is 16.7. The fourth-order valence-corrected chi connectivity index (χ4v) is 4.06. The van der Waals surface area contributed by atoms with E-state index in [2.05, 4.69) is 27.7 Å². The van der Waals surface area contributed by atoms with Gasteiger partial charge in [0, 0.05) is 25.3 Å². The molecule has 2 amide bonds. The predicted octanol–water partition coefficient (Wildman–Crippen LogP) is 2.58. The Hall–Kier alpha value is -0.710. The average molecular weight is 312 g/mol. The van der Waals surface area contributed by atoms with Gasteiger partial charge in [-0.3, -0.25) is 9.59 Å². The lowest BCUT2D eigenvalue weighted by molar-refractivity contribution is -0.145. The van der Waals surface area contributed by atoms with Crippen LogP contribution < -0.4 is 0 Å². The minimum atomic E-state index is -0.238. The summed E-state index contributed by atoms with van der Waals surface area (Å²) in [6, 6.07) is -0.238. The minimum absolute atomic E-state index is 0.0293. The molecule has 0 spiro atoms. The van der Waals surface area contributed by atoms with Gasteiger partial charge in [-0.15, -0.1) is 11.8 Å². The van der Waals surface area contributed by atoms with Crippen LogP contribution in [0.4, 0.5) is 0 Å². The maximum Gasteiger partial charge on any atom is 0.246 e. The van der Waals surface area contributed by atoms with Gasteiger partial charge in [0.15, 0.2) is 0 Å². The van der Waals surface area contributed by atoms with E-state index in [1.807, 2.05) is 4.90 Å². The molecule has 0 aromatic carbocycles. The molecule has 2 aliphatic heterocycles. The van der Waals surface area contributed by atoms with Crippen molar-refractivity contribution in [3.63, 3.8) is 0 Å². The SMILES string of the molecule is CC1CCN(C(=O)C2CSCN2C(=O)CC(C)(C)C)CC1. The van der Waals surface area contributed by atoms with E-state index < -0.39 is 0 Å². The van der Waals surface area contributed by atoms with Crippen molar-refractivity contribution in [1.29, 1.82) is 0 Å². The Morgan fingerprint density at radius 1 is 1.19 bits per heavy atom. The summed E-state index contributed by atoms with van der Waals surface area (Å²) in [6.07, 6.45) is 2.68. The average Bonchev–Trinajstić information content (AvgIpc) is 2.86. The maximum atomic E-state index is 12.7. The molecule has 4 nitrogen and oxygen atoms in total. The molecule has 2 aliphatic rings. The van der Waals surface area contributed by atoms with Crippen LogP contribution in [0.1, 0.15) is 47.0 Å². The van der Waals surface area contributed by atoms with Crippen LogP contribution in [0.15, 0.2) is 0 Å².